The third-order valence-corrected chi connectivity index (χ3v) is 6.10. The molecule has 3 heterocycles. The van der Waals surface area contributed by atoms with Gasteiger partial charge in [0.1, 0.15) is 5.01 Å². The average Bonchev–Trinajstić information content (AvgIpc) is 3.08. The van der Waals surface area contributed by atoms with Crippen LogP contribution in [0.1, 0.15) is 5.69 Å². The smallest absolute Gasteiger partial charge is 0.276 e. The molecular weight excluding hydrogens is 328 g/mol. The van der Waals surface area contributed by atoms with Crippen molar-refractivity contribution in [2.24, 2.45) is 5.14 Å². The zero-order chi connectivity index (χ0) is 14.9. The van der Waals surface area contributed by atoms with Gasteiger partial charge >= 0.3 is 0 Å². The lowest BCUT2D eigenvalue weighted by Gasteiger charge is -2.32. The average molecular weight is 344 g/mol. The van der Waals surface area contributed by atoms with E-state index >= 15 is 0 Å². The summed E-state index contributed by atoms with van der Waals surface area (Å²) in [7, 11) is -3.55. The quantitative estimate of drug-likeness (QED) is 0.904. The predicted octanol–water partition coefficient (Wildman–Crippen LogP) is 1.19. The standard InChI is InChI=1S/C12H16N4O2S3/c13-21(17,18)16-4-2-15(3-5-16)7-11-9-20-12(14-11)10-1-6-19-8-10/h1,6,8-9H,2-5,7H2,(H2,13,17,18). The molecule has 0 aromatic carbocycles. The largest absolute Gasteiger partial charge is 0.295 e. The molecule has 6 nitrogen and oxygen atoms in total. The van der Waals surface area contributed by atoms with E-state index in [1.807, 2.05) is 5.38 Å². The number of rotatable bonds is 4. The fourth-order valence-corrected chi connectivity index (χ4v) is 4.46. The maximum Gasteiger partial charge on any atom is 0.276 e. The molecule has 0 spiro atoms. The van der Waals surface area contributed by atoms with Gasteiger partial charge in [-0.2, -0.15) is 24.1 Å². The van der Waals surface area contributed by atoms with E-state index in [1.54, 1.807) is 22.7 Å². The van der Waals surface area contributed by atoms with Crippen molar-refractivity contribution >= 4 is 32.9 Å². The summed E-state index contributed by atoms with van der Waals surface area (Å²) in [5.74, 6) is 0. The van der Waals surface area contributed by atoms with Gasteiger partial charge in [-0.15, -0.1) is 11.3 Å². The molecule has 21 heavy (non-hydrogen) atoms. The molecule has 1 fully saturated rings. The first-order chi connectivity index (χ1) is 10.0. The lowest BCUT2D eigenvalue weighted by atomic mass is 10.3. The van der Waals surface area contributed by atoms with Crippen LogP contribution >= 0.6 is 22.7 Å². The number of aromatic nitrogens is 1. The van der Waals surface area contributed by atoms with Crippen LogP contribution in [0, 0.1) is 0 Å². The van der Waals surface area contributed by atoms with E-state index in [9.17, 15) is 8.42 Å². The van der Waals surface area contributed by atoms with Gasteiger partial charge in [-0.25, -0.2) is 10.1 Å². The number of thiazole rings is 1. The van der Waals surface area contributed by atoms with Crippen LogP contribution in [0.4, 0.5) is 0 Å². The molecule has 2 aromatic rings. The Morgan fingerprint density at radius 2 is 2.00 bits per heavy atom. The molecule has 114 valence electrons. The molecular formula is C12H16N4O2S3. The van der Waals surface area contributed by atoms with Gasteiger partial charge in [0.05, 0.1) is 5.69 Å². The van der Waals surface area contributed by atoms with Gasteiger partial charge < -0.3 is 0 Å². The first-order valence-electron chi connectivity index (χ1n) is 6.49. The molecule has 3 rings (SSSR count). The lowest BCUT2D eigenvalue weighted by Crippen LogP contribution is -2.50. The van der Waals surface area contributed by atoms with E-state index in [-0.39, 0.29) is 0 Å². The summed E-state index contributed by atoms with van der Waals surface area (Å²) in [5, 5.41) is 12.4. The maximum atomic E-state index is 11.3. The van der Waals surface area contributed by atoms with Crippen LogP contribution in [-0.4, -0.2) is 48.8 Å². The lowest BCUT2D eigenvalue weighted by molar-refractivity contribution is 0.180. The third-order valence-electron chi connectivity index (χ3n) is 3.40. The minimum Gasteiger partial charge on any atom is -0.295 e. The van der Waals surface area contributed by atoms with E-state index in [4.69, 9.17) is 5.14 Å². The van der Waals surface area contributed by atoms with Crippen molar-refractivity contribution in [1.82, 2.24) is 14.2 Å². The Bertz CT molecular complexity index is 688. The molecule has 0 bridgehead atoms. The fraction of sp³-hybridized carbons (Fsp3) is 0.417. The van der Waals surface area contributed by atoms with E-state index in [0.29, 0.717) is 26.2 Å². The number of piperazine rings is 1. The molecule has 2 aromatic heterocycles. The minimum absolute atomic E-state index is 0.445. The highest BCUT2D eigenvalue weighted by Gasteiger charge is 2.24. The Balaban J connectivity index is 1.59. The molecule has 9 heteroatoms. The van der Waals surface area contributed by atoms with Crippen LogP contribution in [0.25, 0.3) is 10.6 Å². The predicted molar refractivity (Wildman–Crippen MR) is 85.4 cm³/mol. The topological polar surface area (TPSA) is 79.5 Å². The number of nitrogens with two attached hydrogens (primary N) is 1. The van der Waals surface area contributed by atoms with Gasteiger partial charge in [-0.05, 0) is 11.4 Å². The maximum absolute atomic E-state index is 11.3. The SMILES string of the molecule is NS(=O)(=O)N1CCN(Cc2csc(-c3ccsc3)n2)CC1. The molecule has 2 N–H and O–H groups in total. The monoisotopic (exact) mass is 344 g/mol. The Labute approximate surface area is 132 Å². The summed E-state index contributed by atoms with van der Waals surface area (Å²) in [6, 6.07) is 2.07. The number of nitrogens with zero attached hydrogens (tertiary/aromatic N) is 3. The zero-order valence-corrected chi connectivity index (χ0v) is 13.8. The second-order valence-corrected chi connectivity index (χ2v) is 8.06. The number of thiophene rings is 1. The summed E-state index contributed by atoms with van der Waals surface area (Å²) in [6.07, 6.45) is 0. The van der Waals surface area contributed by atoms with Gasteiger partial charge in [0.2, 0.25) is 0 Å². The number of hydrogen-bond donors (Lipinski definition) is 1. The Kier molecular flexibility index (Phi) is 4.38. The highest BCUT2D eigenvalue weighted by atomic mass is 32.2. The second-order valence-electron chi connectivity index (χ2n) is 4.88. The Morgan fingerprint density at radius 3 is 2.62 bits per heavy atom. The van der Waals surface area contributed by atoms with Gasteiger partial charge in [-0.1, -0.05) is 0 Å². The number of hydrogen-bond acceptors (Lipinski definition) is 6. The van der Waals surface area contributed by atoms with Crippen LogP contribution in [0.3, 0.4) is 0 Å². The van der Waals surface area contributed by atoms with Crippen molar-refractivity contribution in [1.29, 1.82) is 0 Å². The minimum atomic E-state index is -3.55. The molecule has 0 amide bonds. The van der Waals surface area contributed by atoms with Crippen LogP contribution in [0.2, 0.25) is 0 Å². The van der Waals surface area contributed by atoms with Crippen molar-refractivity contribution in [3.63, 3.8) is 0 Å². The van der Waals surface area contributed by atoms with Crippen molar-refractivity contribution in [3.8, 4) is 10.6 Å². The highest BCUT2D eigenvalue weighted by molar-refractivity contribution is 7.86. The van der Waals surface area contributed by atoms with Crippen LogP contribution in [-0.2, 0) is 16.8 Å². The molecule has 0 atom stereocenters. The van der Waals surface area contributed by atoms with E-state index in [1.165, 1.54) is 4.31 Å². The first kappa shape index (κ1) is 15.1. The summed E-state index contributed by atoms with van der Waals surface area (Å²) in [5.41, 5.74) is 2.19. The molecule has 1 saturated heterocycles. The Hall–Kier alpha value is -0.840. The van der Waals surface area contributed by atoms with Crippen LogP contribution in [0.15, 0.2) is 22.2 Å². The summed E-state index contributed by atoms with van der Waals surface area (Å²) in [6.45, 7) is 3.00. The van der Waals surface area contributed by atoms with Gasteiger partial charge in [0.25, 0.3) is 10.2 Å². The molecule has 0 unspecified atom stereocenters. The first-order valence-corrected chi connectivity index (χ1v) is 9.82. The van der Waals surface area contributed by atoms with Crippen LogP contribution in [0.5, 0.6) is 0 Å². The van der Waals surface area contributed by atoms with Crippen molar-refractivity contribution < 1.29 is 8.42 Å². The second kappa shape index (κ2) is 6.11. The molecule has 0 radical (unpaired) electrons. The van der Waals surface area contributed by atoms with E-state index < -0.39 is 10.2 Å². The third kappa shape index (κ3) is 3.68. The molecule has 0 saturated carbocycles. The molecule has 1 aliphatic heterocycles. The zero-order valence-electron chi connectivity index (χ0n) is 11.3. The van der Waals surface area contributed by atoms with Gasteiger partial charge in [0, 0.05) is 49.0 Å². The summed E-state index contributed by atoms with van der Waals surface area (Å²) >= 11 is 3.31. The van der Waals surface area contributed by atoms with Crippen molar-refractivity contribution in [2.75, 3.05) is 26.2 Å². The summed E-state index contributed by atoms with van der Waals surface area (Å²) in [4.78, 5) is 6.84. The molecule has 0 aliphatic carbocycles. The normalized spacial score (nSPS) is 18.1. The highest BCUT2D eigenvalue weighted by Crippen LogP contribution is 2.26. The van der Waals surface area contributed by atoms with E-state index in [2.05, 4.69) is 26.7 Å². The molecule has 1 aliphatic rings. The van der Waals surface area contributed by atoms with E-state index in [0.717, 1.165) is 22.8 Å². The van der Waals surface area contributed by atoms with Crippen molar-refractivity contribution in [2.45, 2.75) is 6.54 Å². The Morgan fingerprint density at radius 1 is 1.24 bits per heavy atom. The summed E-state index contributed by atoms with van der Waals surface area (Å²) < 4.78 is 23.8. The van der Waals surface area contributed by atoms with Gasteiger partial charge in [0.15, 0.2) is 0 Å². The van der Waals surface area contributed by atoms with Gasteiger partial charge in [-0.3, -0.25) is 4.90 Å². The fourth-order valence-electron chi connectivity index (χ4n) is 2.27. The van der Waals surface area contributed by atoms with Crippen LogP contribution < -0.4 is 5.14 Å². The van der Waals surface area contributed by atoms with Crippen molar-refractivity contribution in [3.05, 3.63) is 27.9 Å².